The minimum atomic E-state index is -4.34. The molecule has 0 bridgehead atoms. The van der Waals surface area contributed by atoms with E-state index < -0.39 is 12.8 Å². The third-order valence-electron chi connectivity index (χ3n) is 1.14. The number of halogens is 3. The molecule has 0 unspecified atom stereocenters. The summed E-state index contributed by atoms with van der Waals surface area (Å²) in [6, 6.07) is 0. The fourth-order valence-corrected chi connectivity index (χ4v) is 1.36. The van der Waals surface area contributed by atoms with Crippen molar-refractivity contribution in [2.75, 3.05) is 13.7 Å². The normalized spacial score (nSPS) is 11.7. The number of nitrogens with zero attached hydrogens (tertiary/aromatic N) is 2. The molecule has 1 aromatic rings. The monoisotopic (exact) mass is 227 g/mol. The van der Waals surface area contributed by atoms with Crippen molar-refractivity contribution in [2.24, 2.45) is 0 Å². The van der Waals surface area contributed by atoms with E-state index in [-0.39, 0.29) is 5.19 Å². The van der Waals surface area contributed by atoms with Crippen LogP contribution in [0.4, 0.5) is 13.2 Å². The highest BCUT2D eigenvalue weighted by Gasteiger charge is 2.29. The summed E-state index contributed by atoms with van der Waals surface area (Å²) in [5, 5.41) is 10.4. The van der Waals surface area contributed by atoms with Gasteiger partial charge in [-0.05, 0) is 7.05 Å². The van der Waals surface area contributed by atoms with Crippen molar-refractivity contribution in [1.82, 2.24) is 15.5 Å². The molecule has 0 aromatic carbocycles. The van der Waals surface area contributed by atoms with Crippen molar-refractivity contribution in [3.05, 3.63) is 5.01 Å². The lowest BCUT2D eigenvalue weighted by molar-refractivity contribution is -0.153. The Kier molecular flexibility index (Phi) is 3.64. The van der Waals surface area contributed by atoms with Gasteiger partial charge in [0.05, 0.1) is 0 Å². The molecule has 1 rings (SSSR count). The number of aromatic nitrogens is 2. The van der Waals surface area contributed by atoms with Crippen LogP contribution in [0.2, 0.25) is 0 Å². The van der Waals surface area contributed by atoms with Gasteiger partial charge >= 0.3 is 6.18 Å². The van der Waals surface area contributed by atoms with Gasteiger partial charge < -0.3 is 10.1 Å². The highest BCUT2D eigenvalue weighted by Crippen LogP contribution is 2.21. The first kappa shape index (κ1) is 11.2. The largest absolute Gasteiger partial charge is 0.459 e. The van der Waals surface area contributed by atoms with Crippen molar-refractivity contribution in [1.29, 1.82) is 0 Å². The van der Waals surface area contributed by atoms with Gasteiger partial charge in [-0.2, -0.15) is 13.2 Å². The third-order valence-corrected chi connectivity index (χ3v) is 1.97. The lowest BCUT2D eigenvalue weighted by Gasteiger charge is -2.04. The van der Waals surface area contributed by atoms with Crippen LogP contribution in [-0.4, -0.2) is 30.0 Å². The van der Waals surface area contributed by atoms with Crippen molar-refractivity contribution in [3.63, 3.8) is 0 Å². The number of hydrogen-bond acceptors (Lipinski definition) is 5. The zero-order valence-corrected chi connectivity index (χ0v) is 8.08. The molecular weight excluding hydrogens is 219 g/mol. The Bertz CT molecular complexity index is 288. The number of ether oxygens (including phenoxy) is 1. The maximum absolute atomic E-state index is 11.7. The molecule has 0 amide bonds. The van der Waals surface area contributed by atoms with Gasteiger partial charge in [-0.1, -0.05) is 11.3 Å². The van der Waals surface area contributed by atoms with Crippen LogP contribution in [0.5, 0.6) is 5.19 Å². The van der Waals surface area contributed by atoms with E-state index in [0.717, 1.165) is 11.3 Å². The molecule has 0 saturated carbocycles. The lowest BCUT2D eigenvalue weighted by atomic mass is 10.7. The molecule has 0 radical (unpaired) electrons. The van der Waals surface area contributed by atoms with Crippen LogP contribution in [0.3, 0.4) is 0 Å². The summed E-state index contributed by atoms with van der Waals surface area (Å²) in [6.07, 6.45) is -4.34. The Morgan fingerprint density at radius 1 is 1.43 bits per heavy atom. The topological polar surface area (TPSA) is 47.0 Å². The van der Waals surface area contributed by atoms with Gasteiger partial charge in [0.1, 0.15) is 5.01 Å². The first-order chi connectivity index (χ1) is 6.51. The van der Waals surface area contributed by atoms with Gasteiger partial charge in [0.2, 0.25) is 0 Å². The van der Waals surface area contributed by atoms with E-state index in [2.05, 4.69) is 20.3 Å². The molecule has 1 heterocycles. The Hall–Kier alpha value is -0.890. The van der Waals surface area contributed by atoms with Crippen LogP contribution in [-0.2, 0) is 6.54 Å². The summed E-state index contributed by atoms with van der Waals surface area (Å²) in [5.41, 5.74) is 0. The third kappa shape index (κ3) is 3.88. The Labute approximate surface area is 82.1 Å². The van der Waals surface area contributed by atoms with Crippen LogP contribution in [0.25, 0.3) is 0 Å². The summed E-state index contributed by atoms with van der Waals surface area (Å²) in [4.78, 5) is 0. The van der Waals surface area contributed by atoms with Gasteiger partial charge in [0.15, 0.2) is 6.61 Å². The number of nitrogens with one attached hydrogen (secondary N) is 1. The second-order valence-corrected chi connectivity index (χ2v) is 3.42. The SMILES string of the molecule is CNCc1nnc(OCC(F)(F)F)s1. The molecule has 0 fully saturated rings. The Morgan fingerprint density at radius 3 is 2.71 bits per heavy atom. The van der Waals surface area contributed by atoms with Crippen LogP contribution < -0.4 is 10.1 Å². The maximum atomic E-state index is 11.7. The standard InChI is InChI=1S/C6H8F3N3OS/c1-10-2-4-11-12-5(14-4)13-3-6(7,8)9/h10H,2-3H2,1H3. The van der Waals surface area contributed by atoms with E-state index in [0.29, 0.717) is 11.6 Å². The second kappa shape index (κ2) is 4.56. The predicted molar refractivity (Wildman–Crippen MR) is 44.2 cm³/mol. The molecular formula is C6H8F3N3OS. The van der Waals surface area contributed by atoms with Crippen molar-refractivity contribution >= 4 is 11.3 Å². The van der Waals surface area contributed by atoms with Gasteiger partial charge in [0, 0.05) is 6.54 Å². The van der Waals surface area contributed by atoms with Crippen molar-refractivity contribution in [2.45, 2.75) is 12.7 Å². The molecule has 1 N–H and O–H groups in total. The minimum Gasteiger partial charge on any atom is -0.459 e. The lowest BCUT2D eigenvalue weighted by Crippen LogP contribution is -2.19. The zero-order chi connectivity index (χ0) is 10.6. The molecule has 8 heteroatoms. The molecule has 0 aliphatic rings. The molecule has 0 saturated heterocycles. The van der Waals surface area contributed by atoms with Crippen LogP contribution in [0, 0.1) is 0 Å². The minimum absolute atomic E-state index is 0.0624. The quantitative estimate of drug-likeness (QED) is 0.839. The fourth-order valence-electron chi connectivity index (χ4n) is 0.663. The molecule has 14 heavy (non-hydrogen) atoms. The molecule has 0 aliphatic heterocycles. The highest BCUT2D eigenvalue weighted by atomic mass is 32.1. The average molecular weight is 227 g/mol. The van der Waals surface area contributed by atoms with E-state index in [4.69, 9.17) is 0 Å². The predicted octanol–water partition coefficient (Wildman–Crippen LogP) is 1.20. The summed E-state index contributed by atoms with van der Waals surface area (Å²) >= 11 is 0.991. The van der Waals surface area contributed by atoms with Gasteiger partial charge in [0.25, 0.3) is 5.19 Å². The number of alkyl halides is 3. The van der Waals surface area contributed by atoms with Gasteiger partial charge in [-0.15, -0.1) is 10.2 Å². The molecule has 0 aliphatic carbocycles. The average Bonchev–Trinajstić information content (AvgIpc) is 2.49. The molecule has 0 spiro atoms. The highest BCUT2D eigenvalue weighted by molar-refractivity contribution is 7.13. The molecule has 4 nitrogen and oxygen atoms in total. The Morgan fingerprint density at radius 2 is 2.14 bits per heavy atom. The second-order valence-electron chi connectivity index (χ2n) is 2.40. The molecule has 1 aromatic heterocycles. The first-order valence-corrected chi connectivity index (χ1v) is 4.49. The Balaban J connectivity index is 2.44. The first-order valence-electron chi connectivity index (χ1n) is 3.68. The van der Waals surface area contributed by atoms with E-state index in [1.165, 1.54) is 0 Å². The summed E-state index contributed by atoms with van der Waals surface area (Å²) in [7, 11) is 1.71. The summed E-state index contributed by atoms with van der Waals surface area (Å²) < 4.78 is 39.5. The van der Waals surface area contributed by atoms with E-state index in [1.54, 1.807) is 7.05 Å². The van der Waals surface area contributed by atoms with E-state index in [9.17, 15) is 13.2 Å². The van der Waals surface area contributed by atoms with Crippen LogP contribution >= 0.6 is 11.3 Å². The maximum Gasteiger partial charge on any atom is 0.422 e. The molecule has 0 atom stereocenters. The number of hydrogen-bond donors (Lipinski definition) is 1. The summed E-state index contributed by atoms with van der Waals surface area (Å²) in [6.45, 7) is -0.867. The van der Waals surface area contributed by atoms with E-state index >= 15 is 0 Å². The molecule has 80 valence electrons. The van der Waals surface area contributed by atoms with Crippen LogP contribution in [0.15, 0.2) is 0 Å². The smallest absolute Gasteiger partial charge is 0.422 e. The van der Waals surface area contributed by atoms with Gasteiger partial charge in [-0.3, -0.25) is 0 Å². The fraction of sp³-hybridized carbons (Fsp3) is 0.667. The van der Waals surface area contributed by atoms with Crippen molar-refractivity contribution < 1.29 is 17.9 Å². The zero-order valence-electron chi connectivity index (χ0n) is 7.26. The summed E-state index contributed by atoms with van der Waals surface area (Å²) in [5.74, 6) is 0. The van der Waals surface area contributed by atoms with E-state index in [1.807, 2.05) is 0 Å². The van der Waals surface area contributed by atoms with Crippen molar-refractivity contribution in [3.8, 4) is 5.19 Å². The van der Waals surface area contributed by atoms with Crippen LogP contribution in [0.1, 0.15) is 5.01 Å². The number of rotatable bonds is 4. The van der Waals surface area contributed by atoms with Gasteiger partial charge in [-0.25, -0.2) is 0 Å².